The van der Waals surface area contributed by atoms with Crippen LogP contribution in [0.25, 0.3) is 5.69 Å². The molecule has 3 aromatic rings. The number of para-hydroxylation sites is 2. The topological polar surface area (TPSA) is 66.5 Å². The van der Waals surface area contributed by atoms with Crippen molar-refractivity contribution in [3.05, 3.63) is 72.1 Å². The molecular formula is C16H13N5. The van der Waals surface area contributed by atoms with Gasteiger partial charge >= 0.3 is 0 Å². The first kappa shape index (κ1) is 12.9. The molecule has 21 heavy (non-hydrogen) atoms. The second-order valence-electron chi connectivity index (χ2n) is 4.53. The number of nitrogens with zero attached hydrogens (tertiary/aromatic N) is 4. The van der Waals surface area contributed by atoms with E-state index >= 15 is 0 Å². The van der Waals surface area contributed by atoms with Crippen LogP contribution in [0.3, 0.4) is 0 Å². The maximum Gasteiger partial charge on any atom is 0.0991 e. The van der Waals surface area contributed by atoms with Crippen LogP contribution in [0.15, 0.2) is 60.9 Å². The lowest BCUT2D eigenvalue weighted by Crippen LogP contribution is -2.05. The monoisotopic (exact) mass is 275 g/mol. The number of hydrogen-bond donors (Lipinski definition) is 1. The van der Waals surface area contributed by atoms with Crippen molar-refractivity contribution < 1.29 is 0 Å². The Morgan fingerprint density at radius 2 is 1.90 bits per heavy atom. The van der Waals surface area contributed by atoms with Crippen LogP contribution in [0.5, 0.6) is 0 Å². The second-order valence-corrected chi connectivity index (χ2v) is 4.53. The molecule has 1 N–H and O–H groups in total. The fourth-order valence-electron chi connectivity index (χ4n) is 2.05. The number of aromatic nitrogens is 3. The smallest absolute Gasteiger partial charge is 0.0991 e. The van der Waals surface area contributed by atoms with Gasteiger partial charge in [-0.05, 0) is 29.8 Å². The first-order chi connectivity index (χ1) is 10.4. The fourth-order valence-corrected chi connectivity index (χ4v) is 2.05. The Labute approximate surface area is 122 Å². The van der Waals surface area contributed by atoms with Gasteiger partial charge in [0.05, 0.1) is 35.4 Å². The Morgan fingerprint density at radius 3 is 2.62 bits per heavy atom. The average molecular weight is 275 g/mol. The molecule has 0 fully saturated rings. The predicted molar refractivity (Wildman–Crippen MR) is 79.8 cm³/mol. The fraction of sp³-hybridized carbons (Fsp3) is 0.0625. The van der Waals surface area contributed by atoms with Crippen molar-refractivity contribution in [1.82, 2.24) is 15.0 Å². The first-order valence-electron chi connectivity index (χ1n) is 6.55. The minimum Gasteiger partial charge on any atom is -0.379 e. The molecule has 0 spiro atoms. The van der Waals surface area contributed by atoms with Gasteiger partial charge in [0.15, 0.2) is 0 Å². The van der Waals surface area contributed by atoms with Crippen molar-refractivity contribution in [3.63, 3.8) is 0 Å². The van der Waals surface area contributed by atoms with Crippen LogP contribution in [0.1, 0.15) is 11.1 Å². The van der Waals surface area contributed by atoms with Crippen LogP contribution in [-0.4, -0.2) is 15.0 Å². The van der Waals surface area contributed by atoms with E-state index in [2.05, 4.69) is 21.7 Å². The molecular weight excluding hydrogens is 262 g/mol. The quantitative estimate of drug-likeness (QED) is 0.795. The maximum absolute atomic E-state index is 8.80. The number of nitrogens with one attached hydrogen (secondary N) is 1. The minimum absolute atomic E-state index is 0.668. The van der Waals surface area contributed by atoms with Gasteiger partial charge in [0.1, 0.15) is 0 Å². The van der Waals surface area contributed by atoms with Gasteiger partial charge in [0.25, 0.3) is 0 Å². The average Bonchev–Trinajstić information content (AvgIpc) is 3.08. The van der Waals surface area contributed by atoms with Gasteiger partial charge in [-0.25, -0.2) is 4.68 Å². The van der Waals surface area contributed by atoms with Crippen molar-refractivity contribution in [2.75, 3.05) is 5.32 Å². The lowest BCUT2D eigenvalue weighted by molar-refractivity contribution is 0.803. The van der Waals surface area contributed by atoms with Crippen LogP contribution < -0.4 is 5.32 Å². The maximum atomic E-state index is 8.80. The summed E-state index contributed by atoms with van der Waals surface area (Å²) in [5.74, 6) is 0. The zero-order valence-corrected chi connectivity index (χ0v) is 11.3. The predicted octanol–water partition coefficient (Wildman–Crippen LogP) is 2.75. The van der Waals surface area contributed by atoms with Crippen LogP contribution in [0, 0.1) is 11.3 Å². The van der Waals surface area contributed by atoms with E-state index in [1.54, 1.807) is 10.9 Å². The summed E-state index contributed by atoms with van der Waals surface area (Å²) in [6.07, 6.45) is 3.46. The number of nitriles is 1. The van der Waals surface area contributed by atoms with Crippen molar-refractivity contribution in [2.45, 2.75) is 6.54 Å². The van der Waals surface area contributed by atoms with E-state index < -0.39 is 0 Å². The Bertz CT molecular complexity index is 754. The molecule has 0 unspecified atom stereocenters. The van der Waals surface area contributed by atoms with E-state index in [0.717, 1.165) is 16.9 Å². The molecule has 1 aromatic heterocycles. The highest BCUT2D eigenvalue weighted by Gasteiger charge is 2.04. The summed E-state index contributed by atoms with van der Waals surface area (Å²) < 4.78 is 1.72. The van der Waals surface area contributed by atoms with Gasteiger partial charge in [-0.2, -0.15) is 5.26 Å². The SMILES string of the molecule is N#Cc1ccc(CNc2ccccc2-n2ccnn2)cc1. The van der Waals surface area contributed by atoms with Crippen molar-refractivity contribution >= 4 is 5.69 Å². The highest BCUT2D eigenvalue weighted by Crippen LogP contribution is 2.19. The van der Waals surface area contributed by atoms with E-state index in [1.165, 1.54) is 0 Å². The summed E-state index contributed by atoms with van der Waals surface area (Å²) >= 11 is 0. The number of anilines is 1. The lowest BCUT2D eigenvalue weighted by Gasteiger charge is -2.11. The van der Waals surface area contributed by atoms with E-state index in [1.807, 2.05) is 54.7 Å². The lowest BCUT2D eigenvalue weighted by atomic mass is 10.1. The Hall–Kier alpha value is -3.13. The Balaban J connectivity index is 1.78. The molecule has 0 atom stereocenters. The van der Waals surface area contributed by atoms with E-state index in [-0.39, 0.29) is 0 Å². The zero-order valence-electron chi connectivity index (χ0n) is 11.3. The third kappa shape index (κ3) is 2.90. The molecule has 1 heterocycles. The summed E-state index contributed by atoms with van der Waals surface area (Å²) in [6.45, 7) is 0.678. The zero-order chi connectivity index (χ0) is 14.5. The van der Waals surface area contributed by atoms with Gasteiger partial charge in [0, 0.05) is 6.54 Å². The van der Waals surface area contributed by atoms with Gasteiger partial charge in [0.2, 0.25) is 0 Å². The first-order valence-corrected chi connectivity index (χ1v) is 6.55. The Morgan fingerprint density at radius 1 is 1.10 bits per heavy atom. The summed E-state index contributed by atoms with van der Waals surface area (Å²) in [5.41, 5.74) is 3.71. The molecule has 0 saturated carbocycles. The highest BCUT2D eigenvalue weighted by atomic mass is 15.4. The normalized spacial score (nSPS) is 10.0. The molecule has 0 aliphatic rings. The van der Waals surface area contributed by atoms with Crippen LogP contribution in [-0.2, 0) is 6.54 Å². The second kappa shape index (κ2) is 5.88. The summed E-state index contributed by atoms with van der Waals surface area (Å²) in [5, 5.41) is 20.0. The molecule has 2 aromatic carbocycles. The molecule has 0 amide bonds. The standard InChI is InChI=1S/C16H13N5/c17-11-13-5-7-14(8-6-13)12-18-15-3-1-2-4-16(15)21-10-9-19-20-21/h1-10,18H,12H2. The largest absolute Gasteiger partial charge is 0.379 e. The molecule has 0 radical (unpaired) electrons. The van der Waals surface area contributed by atoms with Crippen LogP contribution >= 0.6 is 0 Å². The van der Waals surface area contributed by atoms with Crippen molar-refractivity contribution in [1.29, 1.82) is 5.26 Å². The summed E-state index contributed by atoms with van der Waals surface area (Å²) in [6, 6.07) is 17.6. The summed E-state index contributed by atoms with van der Waals surface area (Å²) in [7, 11) is 0. The molecule has 0 aliphatic carbocycles. The van der Waals surface area contributed by atoms with Gasteiger partial charge < -0.3 is 5.32 Å². The third-order valence-electron chi connectivity index (χ3n) is 3.14. The summed E-state index contributed by atoms with van der Waals surface area (Å²) in [4.78, 5) is 0. The van der Waals surface area contributed by atoms with Crippen molar-refractivity contribution in [2.24, 2.45) is 0 Å². The molecule has 0 saturated heterocycles. The van der Waals surface area contributed by atoms with Crippen LogP contribution in [0.2, 0.25) is 0 Å². The van der Waals surface area contributed by atoms with Gasteiger partial charge in [-0.3, -0.25) is 0 Å². The molecule has 102 valence electrons. The molecule has 0 aliphatic heterocycles. The number of hydrogen-bond acceptors (Lipinski definition) is 4. The van der Waals surface area contributed by atoms with Crippen molar-refractivity contribution in [3.8, 4) is 11.8 Å². The minimum atomic E-state index is 0.668. The molecule has 5 nitrogen and oxygen atoms in total. The van der Waals surface area contributed by atoms with E-state index in [0.29, 0.717) is 12.1 Å². The van der Waals surface area contributed by atoms with E-state index in [4.69, 9.17) is 5.26 Å². The molecule has 3 rings (SSSR count). The molecule has 5 heteroatoms. The number of benzene rings is 2. The highest BCUT2D eigenvalue weighted by molar-refractivity contribution is 5.60. The third-order valence-corrected chi connectivity index (χ3v) is 3.14. The van der Waals surface area contributed by atoms with Gasteiger partial charge in [-0.15, -0.1) is 5.10 Å². The molecule has 0 bridgehead atoms. The van der Waals surface area contributed by atoms with Gasteiger partial charge in [-0.1, -0.05) is 29.5 Å². The van der Waals surface area contributed by atoms with E-state index in [9.17, 15) is 0 Å². The Kier molecular flexibility index (Phi) is 3.61. The van der Waals surface area contributed by atoms with Crippen LogP contribution in [0.4, 0.5) is 5.69 Å². The number of rotatable bonds is 4.